The van der Waals surface area contributed by atoms with E-state index in [1.807, 2.05) is 35.2 Å². The number of carbonyl (C=O) groups excluding carboxylic acids is 1. The molecule has 3 aromatic rings. The van der Waals surface area contributed by atoms with Gasteiger partial charge in [-0.3, -0.25) is 4.72 Å². The van der Waals surface area contributed by atoms with Crippen molar-refractivity contribution in [3.63, 3.8) is 0 Å². The number of primary amides is 1. The summed E-state index contributed by atoms with van der Waals surface area (Å²) < 4.78 is 44.8. The zero-order valence-electron chi connectivity index (χ0n) is 19.2. The minimum atomic E-state index is -3.94. The van der Waals surface area contributed by atoms with Gasteiger partial charge < -0.3 is 24.8 Å². The van der Waals surface area contributed by atoms with E-state index in [0.717, 1.165) is 17.0 Å². The lowest BCUT2D eigenvalue weighted by Gasteiger charge is -2.25. The Morgan fingerprint density at radius 3 is 2.43 bits per heavy atom. The first-order chi connectivity index (χ1) is 16.7. The van der Waals surface area contributed by atoms with Crippen LogP contribution >= 0.6 is 15.9 Å². The van der Waals surface area contributed by atoms with Gasteiger partial charge in [-0.1, -0.05) is 34.1 Å². The van der Waals surface area contributed by atoms with Gasteiger partial charge in [0.25, 0.3) is 10.0 Å². The molecule has 0 bridgehead atoms. The second kappa shape index (κ2) is 11.8. The molecule has 0 fully saturated rings. The van der Waals surface area contributed by atoms with Crippen LogP contribution in [0, 0.1) is 0 Å². The molecule has 0 unspecified atom stereocenters. The molecule has 1 amide bonds. The number of nitrogens with one attached hydrogen (secondary N) is 1. The predicted molar refractivity (Wildman–Crippen MR) is 138 cm³/mol. The Kier molecular flexibility index (Phi) is 8.83. The molecule has 0 atom stereocenters. The van der Waals surface area contributed by atoms with E-state index in [4.69, 9.17) is 19.9 Å². The van der Waals surface area contributed by atoms with Crippen LogP contribution in [0.2, 0.25) is 0 Å². The van der Waals surface area contributed by atoms with Crippen LogP contribution in [0.15, 0.2) is 76.1 Å². The second-order valence-electron chi connectivity index (χ2n) is 7.39. The standard InChI is InChI=1S/C24H26BrN3O6S/c1-32-21-9-6-17(7-10-21)16-28(12-13-34-24(26)29)20-5-3-4-19(15-20)27-35(30,31)23-14-18(25)8-11-22(23)33-2/h3-11,14-15,27H,12-13,16H2,1-2H3,(H2,26,29). The van der Waals surface area contributed by atoms with Gasteiger partial charge in [-0.05, 0) is 54.1 Å². The highest BCUT2D eigenvalue weighted by Gasteiger charge is 2.21. The lowest BCUT2D eigenvalue weighted by atomic mass is 10.2. The lowest BCUT2D eigenvalue weighted by Crippen LogP contribution is -2.29. The third-order valence-electron chi connectivity index (χ3n) is 5.02. The quantitative estimate of drug-likeness (QED) is 0.355. The molecule has 11 heteroatoms. The Hall–Kier alpha value is -3.44. The van der Waals surface area contributed by atoms with Gasteiger partial charge in [-0.2, -0.15) is 0 Å². The fourth-order valence-corrected chi connectivity index (χ4v) is 5.10. The van der Waals surface area contributed by atoms with Gasteiger partial charge in [-0.25, -0.2) is 13.2 Å². The van der Waals surface area contributed by atoms with E-state index >= 15 is 0 Å². The molecule has 0 saturated heterocycles. The monoisotopic (exact) mass is 563 g/mol. The number of amides is 1. The van der Waals surface area contributed by atoms with Crippen LogP contribution in [0.1, 0.15) is 5.56 Å². The maximum absolute atomic E-state index is 13.1. The summed E-state index contributed by atoms with van der Waals surface area (Å²) in [6.45, 7) is 0.878. The van der Waals surface area contributed by atoms with Crippen molar-refractivity contribution in [2.45, 2.75) is 11.4 Å². The molecular weight excluding hydrogens is 538 g/mol. The predicted octanol–water partition coefficient (Wildman–Crippen LogP) is 4.37. The molecule has 0 aliphatic heterocycles. The normalized spacial score (nSPS) is 10.9. The number of methoxy groups -OCH3 is 2. The van der Waals surface area contributed by atoms with Gasteiger partial charge in [0.15, 0.2) is 0 Å². The highest BCUT2D eigenvalue weighted by molar-refractivity contribution is 9.10. The summed E-state index contributed by atoms with van der Waals surface area (Å²) in [5.41, 5.74) is 7.16. The summed E-state index contributed by atoms with van der Waals surface area (Å²) in [4.78, 5) is 13.0. The molecule has 35 heavy (non-hydrogen) atoms. The van der Waals surface area contributed by atoms with Crippen molar-refractivity contribution in [2.24, 2.45) is 5.73 Å². The van der Waals surface area contributed by atoms with Gasteiger partial charge in [0, 0.05) is 16.7 Å². The number of benzene rings is 3. The molecule has 0 aliphatic rings. The van der Waals surface area contributed by atoms with Crippen LogP contribution < -0.4 is 24.8 Å². The number of ether oxygens (including phenoxy) is 3. The molecule has 3 N–H and O–H groups in total. The van der Waals surface area contributed by atoms with Gasteiger partial charge in [-0.15, -0.1) is 0 Å². The van der Waals surface area contributed by atoms with Gasteiger partial charge >= 0.3 is 6.09 Å². The zero-order chi connectivity index (χ0) is 25.4. The molecule has 0 aromatic heterocycles. The highest BCUT2D eigenvalue weighted by Crippen LogP contribution is 2.30. The lowest BCUT2D eigenvalue weighted by molar-refractivity contribution is 0.159. The average Bonchev–Trinajstić information content (AvgIpc) is 2.83. The van der Waals surface area contributed by atoms with Crippen LogP contribution in [-0.2, 0) is 21.3 Å². The molecule has 186 valence electrons. The number of halogens is 1. The first kappa shape index (κ1) is 26.2. The number of anilines is 2. The van der Waals surface area contributed by atoms with E-state index in [2.05, 4.69) is 20.7 Å². The van der Waals surface area contributed by atoms with Crippen molar-refractivity contribution in [1.29, 1.82) is 0 Å². The summed E-state index contributed by atoms with van der Waals surface area (Å²) in [5.74, 6) is 0.957. The topological polar surface area (TPSA) is 120 Å². The van der Waals surface area contributed by atoms with E-state index in [1.165, 1.54) is 13.2 Å². The van der Waals surface area contributed by atoms with Gasteiger partial charge in [0.05, 0.1) is 26.5 Å². The van der Waals surface area contributed by atoms with Gasteiger partial charge in [0.1, 0.15) is 23.0 Å². The number of nitrogens with zero attached hydrogens (tertiary/aromatic N) is 1. The molecule has 0 saturated carbocycles. The number of rotatable bonds is 11. The van der Waals surface area contributed by atoms with Crippen molar-refractivity contribution in [3.8, 4) is 11.5 Å². The molecular formula is C24H26BrN3O6S. The van der Waals surface area contributed by atoms with E-state index < -0.39 is 16.1 Å². The van der Waals surface area contributed by atoms with Crippen LogP contribution in [-0.4, -0.2) is 41.9 Å². The number of carbonyl (C=O) groups is 1. The van der Waals surface area contributed by atoms with Crippen LogP contribution in [0.3, 0.4) is 0 Å². The minimum absolute atomic E-state index is 0.00438. The van der Waals surface area contributed by atoms with E-state index in [9.17, 15) is 13.2 Å². The molecule has 3 rings (SSSR count). The molecule has 0 aliphatic carbocycles. The highest BCUT2D eigenvalue weighted by atomic mass is 79.9. The Labute approximate surface area is 213 Å². The largest absolute Gasteiger partial charge is 0.497 e. The zero-order valence-corrected chi connectivity index (χ0v) is 21.6. The number of nitrogens with two attached hydrogens (primary N) is 1. The van der Waals surface area contributed by atoms with Crippen molar-refractivity contribution in [3.05, 3.63) is 76.8 Å². The second-order valence-corrected chi connectivity index (χ2v) is 9.95. The smallest absolute Gasteiger partial charge is 0.404 e. The fraction of sp³-hybridized carbons (Fsp3) is 0.208. The summed E-state index contributed by atoms with van der Waals surface area (Å²) in [5, 5.41) is 0. The molecule has 9 nitrogen and oxygen atoms in total. The van der Waals surface area contributed by atoms with Crippen molar-refractivity contribution in [1.82, 2.24) is 0 Å². The molecule has 0 radical (unpaired) electrons. The Morgan fingerprint density at radius 2 is 1.77 bits per heavy atom. The summed E-state index contributed by atoms with van der Waals surface area (Å²) in [7, 11) is -0.932. The fourth-order valence-electron chi connectivity index (χ4n) is 3.34. The van der Waals surface area contributed by atoms with Crippen molar-refractivity contribution >= 4 is 43.4 Å². The van der Waals surface area contributed by atoms with E-state index in [0.29, 0.717) is 23.2 Å². The third-order valence-corrected chi connectivity index (χ3v) is 6.91. The third kappa shape index (κ3) is 7.27. The molecule has 0 spiro atoms. The Morgan fingerprint density at radius 1 is 1.03 bits per heavy atom. The minimum Gasteiger partial charge on any atom is -0.497 e. The van der Waals surface area contributed by atoms with E-state index in [-0.39, 0.29) is 17.3 Å². The average molecular weight is 564 g/mol. The van der Waals surface area contributed by atoms with Crippen molar-refractivity contribution in [2.75, 3.05) is 37.0 Å². The first-order valence-electron chi connectivity index (χ1n) is 10.5. The van der Waals surface area contributed by atoms with Crippen LogP contribution in [0.5, 0.6) is 11.5 Å². The number of hydrogen-bond donors (Lipinski definition) is 2. The Balaban J connectivity index is 1.87. The maximum Gasteiger partial charge on any atom is 0.404 e. The van der Waals surface area contributed by atoms with Crippen LogP contribution in [0.25, 0.3) is 0 Å². The van der Waals surface area contributed by atoms with Crippen LogP contribution in [0.4, 0.5) is 16.2 Å². The maximum atomic E-state index is 13.1. The number of hydrogen-bond acceptors (Lipinski definition) is 7. The summed E-state index contributed by atoms with van der Waals surface area (Å²) in [6.07, 6.45) is -0.862. The number of sulfonamides is 1. The molecule has 0 heterocycles. The summed E-state index contributed by atoms with van der Waals surface area (Å²) in [6, 6.07) is 19.2. The van der Waals surface area contributed by atoms with Crippen molar-refractivity contribution < 1.29 is 27.4 Å². The van der Waals surface area contributed by atoms with Gasteiger partial charge in [0.2, 0.25) is 0 Å². The molecule has 3 aromatic carbocycles. The summed E-state index contributed by atoms with van der Waals surface area (Å²) >= 11 is 3.30. The SMILES string of the molecule is COc1ccc(CN(CCOC(N)=O)c2cccc(NS(=O)(=O)c3cc(Br)ccc3OC)c2)cc1. The first-order valence-corrected chi connectivity index (χ1v) is 12.8. The van der Waals surface area contributed by atoms with E-state index in [1.54, 1.807) is 37.4 Å². The Bertz CT molecular complexity index is 1270.